The standard InChI is InChI=1S/C8H14N2O.ClH/c1-10-3-2-8(6-10)4-7(11)5-9-8;/h9H,2-6H2,1H3;1H. The topological polar surface area (TPSA) is 32.3 Å². The van der Waals surface area contributed by atoms with E-state index in [0.29, 0.717) is 12.3 Å². The van der Waals surface area contributed by atoms with Crippen molar-refractivity contribution in [3.05, 3.63) is 0 Å². The van der Waals surface area contributed by atoms with E-state index in [0.717, 1.165) is 25.9 Å². The third-order valence-corrected chi connectivity index (χ3v) is 2.74. The van der Waals surface area contributed by atoms with Crippen LogP contribution in [0.4, 0.5) is 0 Å². The SMILES string of the molecule is CN1CCC2(CC(=O)CN2)C1.Cl. The summed E-state index contributed by atoms with van der Waals surface area (Å²) >= 11 is 0. The molecule has 0 aromatic rings. The van der Waals surface area contributed by atoms with E-state index in [4.69, 9.17) is 0 Å². The first-order valence-corrected chi connectivity index (χ1v) is 4.16. The summed E-state index contributed by atoms with van der Waals surface area (Å²) in [6.07, 6.45) is 1.88. The van der Waals surface area contributed by atoms with Crippen molar-refractivity contribution in [2.45, 2.75) is 18.4 Å². The van der Waals surface area contributed by atoms with Gasteiger partial charge in [0.2, 0.25) is 0 Å². The first kappa shape index (κ1) is 9.96. The number of rotatable bonds is 0. The fourth-order valence-electron chi connectivity index (χ4n) is 2.16. The van der Waals surface area contributed by atoms with Crippen LogP contribution in [0.1, 0.15) is 12.8 Å². The average molecular weight is 191 g/mol. The smallest absolute Gasteiger partial charge is 0.148 e. The molecule has 0 saturated carbocycles. The van der Waals surface area contributed by atoms with Crippen LogP contribution in [-0.2, 0) is 4.79 Å². The van der Waals surface area contributed by atoms with Crippen molar-refractivity contribution >= 4 is 18.2 Å². The van der Waals surface area contributed by atoms with Crippen LogP contribution >= 0.6 is 12.4 Å². The zero-order chi connectivity index (χ0) is 7.90. The second-order valence-electron chi connectivity index (χ2n) is 3.84. The van der Waals surface area contributed by atoms with Gasteiger partial charge in [-0.25, -0.2) is 0 Å². The Morgan fingerprint density at radius 2 is 2.33 bits per heavy atom. The molecule has 1 N–H and O–H groups in total. The minimum atomic E-state index is 0. The summed E-state index contributed by atoms with van der Waals surface area (Å²) in [5, 5.41) is 3.32. The van der Waals surface area contributed by atoms with Gasteiger partial charge in [0.05, 0.1) is 6.54 Å². The number of hydrogen-bond donors (Lipinski definition) is 1. The van der Waals surface area contributed by atoms with Gasteiger partial charge in [0.1, 0.15) is 5.78 Å². The highest BCUT2D eigenvalue weighted by Gasteiger charge is 2.42. The molecule has 0 radical (unpaired) electrons. The van der Waals surface area contributed by atoms with E-state index < -0.39 is 0 Å². The highest BCUT2D eigenvalue weighted by atomic mass is 35.5. The number of nitrogens with zero attached hydrogens (tertiary/aromatic N) is 1. The van der Waals surface area contributed by atoms with Crippen LogP contribution in [0.25, 0.3) is 0 Å². The lowest BCUT2D eigenvalue weighted by atomic mass is 9.97. The monoisotopic (exact) mass is 190 g/mol. The maximum absolute atomic E-state index is 11.0. The maximum atomic E-state index is 11.0. The Hall–Kier alpha value is -0.120. The summed E-state index contributed by atoms with van der Waals surface area (Å²) in [6, 6.07) is 0. The highest BCUT2D eigenvalue weighted by molar-refractivity contribution is 5.85. The minimum absolute atomic E-state index is 0. The van der Waals surface area contributed by atoms with Crippen LogP contribution in [0.3, 0.4) is 0 Å². The molecule has 3 nitrogen and oxygen atoms in total. The van der Waals surface area contributed by atoms with E-state index in [2.05, 4.69) is 17.3 Å². The molecule has 1 spiro atoms. The van der Waals surface area contributed by atoms with E-state index in [1.165, 1.54) is 0 Å². The number of likely N-dealkylation sites (tertiary alicyclic amines) is 1. The van der Waals surface area contributed by atoms with Gasteiger partial charge in [0.25, 0.3) is 0 Å². The summed E-state index contributed by atoms with van der Waals surface area (Å²) in [5.41, 5.74) is 0.159. The Labute approximate surface area is 78.9 Å². The number of halogens is 1. The molecule has 1 unspecified atom stereocenters. The van der Waals surface area contributed by atoms with Crippen molar-refractivity contribution in [3.63, 3.8) is 0 Å². The maximum Gasteiger partial charge on any atom is 0.148 e. The zero-order valence-corrected chi connectivity index (χ0v) is 8.12. The van der Waals surface area contributed by atoms with E-state index in [1.54, 1.807) is 0 Å². The molecule has 2 aliphatic rings. The molecule has 12 heavy (non-hydrogen) atoms. The third-order valence-electron chi connectivity index (χ3n) is 2.74. The third kappa shape index (κ3) is 1.63. The lowest BCUT2D eigenvalue weighted by Crippen LogP contribution is -2.41. The molecule has 2 heterocycles. The molecule has 2 rings (SSSR count). The van der Waals surface area contributed by atoms with Crippen molar-refractivity contribution < 1.29 is 4.79 Å². The van der Waals surface area contributed by atoms with Crippen LogP contribution < -0.4 is 5.32 Å². The first-order valence-electron chi connectivity index (χ1n) is 4.16. The predicted molar refractivity (Wildman–Crippen MR) is 49.7 cm³/mol. The summed E-state index contributed by atoms with van der Waals surface area (Å²) in [7, 11) is 2.11. The molecule has 2 saturated heterocycles. The minimum Gasteiger partial charge on any atom is -0.304 e. The van der Waals surface area contributed by atoms with E-state index >= 15 is 0 Å². The normalized spacial score (nSPS) is 35.9. The van der Waals surface area contributed by atoms with Gasteiger partial charge in [0, 0.05) is 18.5 Å². The van der Waals surface area contributed by atoms with Gasteiger partial charge >= 0.3 is 0 Å². The lowest BCUT2D eigenvalue weighted by molar-refractivity contribution is -0.116. The molecular formula is C8H15ClN2O. The number of likely N-dealkylation sites (N-methyl/N-ethyl adjacent to an activating group) is 1. The van der Waals surface area contributed by atoms with Gasteiger partial charge in [-0.3, -0.25) is 4.79 Å². The van der Waals surface area contributed by atoms with Crippen LogP contribution in [-0.4, -0.2) is 42.9 Å². The molecule has 1 atom stereocenters. The Balaban J connectivity index is 0.000000720. The van der Waals surface area contributed by atoms with Gasteiger partial charge < -0.3 is 10.2 Å². The molecule has 0 aromatic carbocycles. The van der Waals surface area contributed by atoms with Gasteiger partial charge in [-0.05, 0) is 20.0 Å². The number of Topliss-reactive ketones (excluding diaryl/α,β-unsaturated/α-hetero) is 1. The van der Waals surface area contributed by atoms with Crippen molar-refractivity contribution in [1.82, 2.24) is 10.2 Å². The fourth-order valence-corrected chi connectivity index (χ4v) is 2.16. The second-order valence-corrected chi connectivity index (χ2v) is 3.84. The molecule has 4 heteroatoms. The fraction of sp³-hybridized carbons (Fsp3) is 0.875. The quantitative estimate of drug-likeness (QED) is 0.586. The van der Waals surface area contributed by atoms with Crippen LogP contribution in [0, 0.1) is 0 Å². The Morgan fingerprint density at radius 3 is 2.75 bits per heavy atom. The Morgan fingerprint density at radius 1 is 1.58 bits per heavy atom. The molecule has 2 fully saturated rings. The van der Waals surface area contributed by atoms with E-state index in [1.807, 2.05) is 0 Å². The van der Waals surface area contributed by atoms with Crippen LogP contribution in [0.15, 0.2) is 0 Å². The molecule has 0 aromatic heterocycles. The lowest BCUT2D eigenvalue weighted by Gasteiger charge is -2.21. The molecule has 0 aliphatic carbocycles. The molecule has 0 bridgehead atoms. The first-order chi connectivity index (χ1) is 5.20. The highest BCUT2D eigenvalue weighted by Crippen LogP contribution is 2.27. The molecule has 70 valence electrons. The summed E-state index contributed by atoms with van der Waals surface area (Å²) in [4.78, 5) is 13.3. The molecular weight excluding hydrogens is 176 g/mol. The number of nitrogens with one attached hydrogen (secondary N) is 1. The van der Waals surface area contributed by atoms with Crippen molar-refractivity contribution in [1.29, 1.82) is 0 Å². The van der Waals surface area contributed by atoms with Gasteiger partial charge in [0.15, 0.2) is 0 Å². The number of ketones is 1. The second kappa shape index (κ2) is 3.32. The molecule has 0 amide bonds. The van der Waals surface area contributed by atoms with Crippen molar-refractivity contribution in [2.24, 2.45) is 0 Å². The number of hydrogen-bond acceptors (Lipinski definition) is 3. The largest absolute Gasteiger partial charge is 0.304 e. The van der Waals surface area contributed by atoms with E-state index in [-0.39, 0.29) is 17.9 Å². The number of carbonyl (C=O) groups excluding carboxylic acids is 1. The average Bonchev–Trinajstić information content (AvgIpc) is 2.44. The van der Waals surface area contributed by atoms with Gasteiger partial charge in [-0.15, -0.1) is 12.4 Å². The van der Waals surface area contributed by atoms with Crippen LogP contribution in [0.2, 0.25) is 0 Å². The van der Waals surface area contributed by atoms with Gasteiger partial charge in [-0.1, -0.05) is 0 Å². The van der Waals surface area contributed by atoms with Gasteiger partial charge in [-0.2, -0.15) is 0 Å². The molecule has 2 aliphatic heterocycles. The Kier molecular flexibility index (Phi) is 2.76. The zero-order valence-electron chi connectivity index (χ0n) is 7.30. The van der Waals surface area contributed by atoms with Crippen LogP contribution in [0.5, 0.6) is 0 Å². The summed E-state index contributed by atoms with van der Waals surface area (Å²) in [5.74, 6) is 0.375. The van der Waals surface area contributed by atoms with Crippen molar-refractivity contribution in [2.75, 3.05) is 26.7 Å². The summed E-state index contributed by atoms with van der Waals surface area (Å²) < 4.78 is 0. The van der Waals surface area contributed by atoms with Crippen molar-refractivity contribution in [3.8, 4) is 0 Å². The Bertz CT molecular complexity index is 197. The summed E-state index contributed by atoms with van der Waals surface area (Å²) in [6.45, 7) is 2.76. The predicted octanol–water partition coefficient (Wildman–Crippen LogP) is 0.0449. The van der Waals surface area contributed by atoms with E-state index in [9.17, 15) is 4.79 Å². The number of carbonyl (C=O) groups is 1.